The van der Waals surface area contributed by atoms with E-state index < -0.39 is 35.5 Å². The van der Waals surface area contributed by atoms with E-state index in [1.165, 1.54) is 10.9 Å². The van der Waals surface area contributed by atoms with Gasteiger partial charge in [0.1, 0.15) is 13.3 Å². The second kappa shape index (κ2) is 13.3. The first-order chi connectivity index (χ1) is 20.1. The number of nitrogens with two attached hydrogens (primary N) is 1. The number of nitrogens with one attached hydrogen (secondary N) is 2. The molecule has 2 heterocycles. The number of fused-ring (bicyclic) bond motifs is 1. The van der Waals surface area contributed by atoms with E-state index in [1.807, 2.05) is 36.4 Å². The molecule has 2 aromatic heterocycles. The average molecular weight is 579 g/mol. The van der Waals surface area contributed by atoms with Gasteiger partial charge in [0.15, 0.2) is 11.2 Å². The number of aliphatic carboxylic acids is 1. The molecule has 2 aromatic carbocycles. The number of hydrogen-bond donors (Lipinski definition) is 4. The molecule has 5 N–H and O–H groups in total. The van der Waals surface area contributed by atoms with Gasteiger partial charge in [0, 0.05) is 12.0 Å². The molecule has 1 amide bonds. The number of benzene rings is 2. The summed E-state index contributed by atoms with van der Waals surface area (Å²) in [7, 11) is 0. The highest BCUT2D eigenvalue weighted by atomic mass is 16.6. The van der Waals surface area contributed by atoms with E-state index in [-0.39, 0.29) is 23.7 Å². The Morgan fingerprint density at radius 2 is 1.69 bits per heavy atom. The molecule has 0 saturated heterocycles. The summed E-state index contributed by atoms with van der Waals surface area (Å²) in [6, 6.07) is 18.6. The minimum absolute atomic E-state index is 0.00113. The van der Waals surface area contributed by atoms with Crippen molar-refractivity contribution in [2.75, 3.05) is 12.3 Å². The molecule has 13 heteroatoms. The van der Waals surface area contributed by atoms with Crippen LogP contribution in [0.1, 0.15) is 37.8 Å². The van der Waals surface area contributed by atoms with E-state index >= 15 is 0 Å². The van der Waals surface area contributed by atoms with Gasteiger partial charge in [-0.25, -0.2) is 14.6 Å². The van der Waals surface area contributed by atoms with E-state index in [0.717, 1.165) is 11.1 Å². The fourth-order valence-electron chi connectivity index (χ4n) is 4.50. The molecule has 222 valence electrons. The zero-order valence-corrected chi connectivity index (χ0v) is 23.4. The van der Waals surface area contributed by atoms with Gasteiger partial charge in [-0.05, 0) is 24.0 Å². The Bertz CT molecular complexity index is 1560. The molecule has 0 bridgehead atoms. The van der Waals surface area contributed by atoms with Gasteiger partial charge >= 0.3 is 12.1 Å². The molecule has 0 fully saturated rings. The number of nitrogen functional groups attached to an aromatic ring is 1. The number of nitrogens with zero attached hydrogens (tertiary/aromatic N) is 3. The van der Waals surface area contributed by atoms with Crippen molar-refractivity contribution in [2.45, 2.75) is 52.4 Å². The summed E-state index contributed by atoms with van der Waals surface area (Å²) in [5, 5.41) is 13.0. The number of H-pyrrole nitrogens is 1. The average Bonchev–Trinajstić information content (AvgIpc) is 3.37. The van der Waals surface area contributed by atoms with Gasteiger partial charge in [0.2, 0.25) is 11.7 Å². The van der Waals surface area contributed by atoms with Gasteiger partial charge in [-0.2, -0.15) is 4.98 Å². The molecule has 0 aliphatic heterocycles. The van der Waals surface area contributed by atoms with Gasteiger partial charge < -0.3 is 25.1 Å². The maximum Gasteiger partial charge on any atom is 0.410 e. The maximum atomic E-state index is 13.0. The Morgan fingerprint density at radius 3 is 2.33 bits per heavy atom. The van der Waals surface area contributed by atoms with Gasteiger partial charge in [-0.3, -0.25) is 19.7 Å². The van der Waals surface area contributed by atoms with E-state index in [4.69, 9.17) is 19.9 Å². The van der Waals surface area contributed by atoms with Gasteiger partial charge in [-0.1, -0.05) is 74.5 Å². The number of carboxylic acids is 1. The molecule has 0 radical (unpaired) electrons. The summed E-state index contributed by atoms with van der Waals surface area (Å²) < 4.78 is 18.5. The SMILES string of the molecule is CC(C)(CCCOCc1ccccc1)[C@](NC(=O)OCc1ccccc1)(OCn1cnc2c(=O)[nH]c(N)nc21)C(=O)O. The number of imidazole rings is 1. The van der Waals surface area contributed by atoms with Crippen LogP contribution >= 0.6 is 0 Å². The van der Waals surface area contributed by atoms with Crippen LogP contribution in [0, 0.1) is 5.41 Å². The molecular formula is C29H34N6O7. The van der Waals surface area contributed by atoms with Crippen LogP contribution in [0.4, 0.5) is 10.7 Å². The standard InChI is InChI=1S/C29H34N6O7/c1-28(2,14-9-15-40-16-20-10-5-3-6-11-20)29(25(37)38,34-27(39)41-17-21-12-7-4-8-13-21)42-19-35-18-31-22-23(35)32-26(30)33-24(22)36/h3-8,10-13,18H,9,14-17,19H2,1-2H3,(H,34,39)(H,37,38)(H3,30,32,33,36)/t29-/m1/s1. The van der Waals surface area contributed by atoms with E-state index in [9.17, 15) is 19.5 Å². The number of hydrogen-bond acceptors (Lipinski definition) is 9. The van der Waals surface area contributed by atoms with Crippen LogP contribution in [0.15, 0.2) is 71.8 Å². The zero-order valence-electron chi connectivity index (χ0n) is 23.4. The lowest BCUT2D eigenvalue weighted by atomic mass is 9.76. The third-order valence-electron chi connectivity index (χ3n) is 6.86. The third kappa shape index (κ3) is 7.11. The number of carbonyl (C=O) groups is 2. The predicted octanol–water partition coefficient (Wildman–Crippen LogP) is 3.41. The summed E-state index contributed by atoms with van der Waals surface area (Å²) in [4.78, 5) is 48.6. The highest BCUT2D eigenvalue weighted by Crippen LogP contribution is 2.38. The first kappa shape index (κ1) is 30.2. The normalized spacial score (nSPS) is 13.0. The molecule has 4 aromatic rings. The van der Waals surface area contributed by atoms with E-state index in [1.54, 1.807) is 38.1 Å². The molecule has 0 saturated carbocycles. The Kier molecular flexibility index (Phi) is 9.55. The van der Waals surface area contributed by atoms with E-state index in [0.29, 0.717) is 26.1 Å². The van der Waals surface area contributed by atoms with Crippen molar-refractivity contribution in [1.82, 2.24) is 24.8 Å². The van der Waals surface area contributed by atoms with Crippen LogP contribution in [-0.2, 0) is 38.9 Å². The van der Waals surface area contributed by atoms with Crippen LogP contribution in [0.2, 0.25) is 0 Å². The summed E-state index contributed by atoms with van der Waals surface area (Å²) >= 11 is 0. The maximum absolute atomic E-state index is 13.0. The lowest BCUT2D eigenvalue weighted by molar-refractivity contribution is -0.203. The van der Waals surface area contributed by atoms with Crippen LogP contribution in [-0.4, -0.2) is 49.0 Å². The third-order valence-corrected chi connectivity index (χ3v) is 6.86. The van der Waals surface area contributed by atoms with E-state index in [2.05, 4.69) is 20.3 Å². The molecule has 0 unspecified atom stereocenters. The van der Waals surface area contributed by atoms with Crippen molar-refractivity contribution in [3.8, 4) is 0 Å². The van der Waals surface area contributed by atoms with Crippen LogP contribution in [0.3, 0.4) is 0 Å². The smallest absolute Gasteiger partial charge is 0.410 e. The van der Waals surface area contributed by atoms with Crippen molar-refractivity contribution in [3.05, 3.63) is 88.5 Å². The Morgan fingerprint density at radius 1 is 1.05 bits per heavy atom. The van der Waals surface area contributed by atoms with Crippen molar-refractivity contribution in [2.24, 2.45) is 5.41 Å². The van der Waals surface area contributed by atoms with Crippen LogP contribution in [0.5, 0.6) is 0 Å². The fraction of sp³-hybridized carbons (Fsp3) is 0.345. The predicted molar refractivity (Wildman–Crippen MR) is 153 cm³/mol. The van der Waals surface area contributed by atoms with Gasteiger partial charge in [-0.15, -0.1) is 0 Å². The minimum Gasteiger partial charge on any atom is -0.478 e. The van der Waals surface area contributed by atoms with Crippen LogP contribution < -0.4 is 16.6 Å². The summed E-state index contributed by atoms with van der Waals surface area (Å²) in [6.45, 7) is 3.60. The highest BCUT2D eigenvalue weighted by Gasteiger charge is 2.54. The summed E-state index contributed by atoms with van der Waals surface area (Å²) in [5.74, 6) is -1.58. The summed E-state index contributed by atoms with van der Waals surface area (Å²) in [5.41, 5.74) is 3.52. The van der Waals surface area contributed by atoms with Crippen molar-refractivity contribution in [3.63, 3.8) is 0 Å². The second-order valence-corrected chi connectivity index (χ2v) is 10.3. The van der Waals surface area contributed by atoms with Crippen LogP contribution in [0.25, 0.3) is 11.2 Å². The molecule has 1 atom stereocenters. The highest BCUT2D eigenvalue weighted by molar-refractivity contribution is 5.84. The molecule has 4 rings (SSSR count). The molecule has 0 aliphatic carbocycles. The largest absolute Gasteiger partial charge is 0.478 e. The Hall–Kier alpha value is -4.75. The van der Waals surface area contributed by atoms with Gasteiger partial charge in [0.25, 0.3) is 5.56 Å². The number of aromatic nitrogens is 4. The topological polar surface area (TPSA) is 184 Å². The lowest BCUT2D eigenvalue weighted by Crippen LogP contribution is -2.65. The number of aromatic amines is 1. The second-order valence-electron chi connectivity index (χ2n) is 10.3. The molecular weight excluding hydrogens is 544 g/mol. The number of amides is 1. The Labute approximate surface area is 241 Å². The zero-order chi connectivity index (χ0) is 30.2. The monoisotopic (exact) mass is 578 g/mol. The number of alkyl carbamates (subject to hydrolysis) is 1. The number of ether oxygens (including phenoxy) is 3. The first-order valence-corrected chi connectivity index (χ1v) is 13.3. The Balaban J connectivity index is 1.53. The number of rotatable bonds is 14. The summed E-state index contributed by atoms with van der Waals surface area (Å²) in [6.07, 6.45) is 1.06. The minimum atomic E-state index is -2.26. The number of carbonyl (C=O) groups excluding carboxylic acids is 1. The first-order valence-electron chi connectivity index (χ1n) is 13.3. The van der Waals surface area contributed by atoms with Crippen molar-refractivity contribution in [1.29, 1.82) is 0 Å². The van der Waals surface area contributed by atoms with Gasteiger partial charge in [0.05, 0.1) is 12.9 Å². The quantitative estimate of drug-likeness (QED) is 0.128. The molecule has 42 heavy (non-hydrogen) atoms. The molecule has 0 aliphatic rings. The van der Waals surface area contributed by atoms with Crippen molar-refractivity contribution < 1.29 is 28.9 Å². The van der Waals surface area contributed by atoms with Crippen molar-refractivity contribution >= 4 is 29.2 Å². The molecule has 0 spiro atoms. The lowest BCUT2D eigenvalue weighted by Gasteiger charge is -2.43. The number of anilines is 1. The number of carboxylic acid groups (broad SMARTS) is 1. The fourth-order valence-corrected chi connectivity index (χ4v) is 4.50. The molecule has 13 nitrogen and oxygen atoms in total.